The van der Waals surface area contributed by atoms with Crippen molar-refractivity contribution in [2.45, 2.75) is 32.6 Å². The molecule has 0 fully saturated rings. The molecule has 0 heterocycles. The second-order valence-electron chi connectivity index (χ2n) is 2.58. The van der Waals surface area contributed by atoms with Gasteiger partial charge in [0.25, 0.3) is 0 Å². The number of ether oxygens (including phenoxy) is 1. The molecule has 0 saturated heterocycles. The Morgan fingerprint density at radius 2 is 2.00 bits per heavy atom. The lowest BCUT2D eigenvalue weighted by molar-refractivity contribution is -0.140. The minimum absolute atomic E-state index is 0.128. The second kappa shape index (κ2) is 13.7. The summed E-state index contributed by atoms with van der Waals surface area (Å²) in [6, 6.07) is 0. The first kappa shape index (κ1) is 14.7. The second-order valence-corrected chi connectivity index (χ2v) is 2.58. The lowest BCUT2D eigenvalue weighted by atomic mass is 10.2. The highest BCUT2D eigenvalue weighted by atomic mass is 16.5. The van der Waals surface area contributed by atoms with Gasteiger partial charge in [-0.05, 0) is 26.3 Å². The molecule has 0 rings (SSSR count). The highest BCUT2D eigenvalue weighted by molar-refractivity contribution is 5.68. The first-order chi connectivity index (χ1) is 6.22. The fourth-order valence-corrected chi connectivity index (χ4v) is 0.693. The molecule has 3 heteroatoms. The van der Waals surface area contributed by atoms with E-state index in [0.717, 1.165) is 19.3 Å². The Morgan fingerprint density at radius 1 is 1.46 bits per heavy atom. The average molecular weight is 187 g/mol. The van der Waals surface area contributed by atoms with Gasteiger partial charge >= 0.3 is 5.97 Å². The summed E-state index contributed by atoms with van der Waals surface area (Å²) in [4.78, 5) is 10.5. The summed E-state index contributed by atoms with van der Waals surface area (Å²) in [5.41, 5.74) is 5.26. The highest BCUT2D eigenvalue weighted by Crippen LogP contribution is 1.98. The molecule has 3 nitrogen and oxygen atoms in total. The van der Waals surface area contributed by atoms with Crippen LogP contribution in [0.2, 0.25) is 0 Å². The predicted octanol–water partition coefficient (Wildman–Crippen LogP) is 1.87. The van der Waals surface area contributed by atoms with E-state index in [9.17, 15) is 4.79 Å². The molecule has 0 aliphatic heterocycles. The summed E-state index contributed by atoms with van der Waals surface area (Å²) >= 11 is 0. The maximum Gasteiger partial charge on any atom is 0.305 e. The van der Waals surface area contributed by atoms with E-state index < -0.39 is 0 Å². The quantitative estimate of drug-likeness (QED) is 0.406. The minimum atomic E-state index is -0.128. The molecule has 0 aromatic heterocycles. The molecule has 0 bridgehead atoms. The van der Waals surface area contributed by atoms with Crippen LogP contribution in [0.1, 0.15) is 32.6 Å². The number of carbonyl (C=O) groups is 1. The van der Waals surface area contributed by atoms with Crippen molar-refractivity contribution in [3.05, 3.63) is 12.7 Å². The van der Waals surface area contributed by atoms with Crippen molar-refractivity contribution >= 4 is 5.97 Å². The van der Waals surface area contributed by atoms with E-state index in [-0.39, 0.29) is 5.97 Å². The maximum absolute atomic E-state index is 10.5. The smallest absolute Gasteiger partial charge is 0.305 e. The van der Waals surface area contributed by atoms with Crippen LogP contribution in [0.3, 0.4) is 0 Å². The van der Waals surface area contributed by atoms with E-state index in [1.807, 2.05) is 6.92 Å². The number of hydrogen-bond acceptors (Lipinski definition) is 3. The van der Waals surface area contributed by atoms with E-state index in [2.05, 4.69) is 11.3 Å². The van der Waals surface area contributed by atoms with Crippen molar-refractivity contribution in [1.82, 2.24) is 0 Å². The van der Waals surface area contributed by atoms with Crippen molar-refractivity contribution < 1.29 is 9.53 Å². The van der Waals surface area contributed by atoms with E-state index in [1.54, 1.807) is 6.08 Å². The molecule has 0 spiro atoms. The van der Waals surface area contributed by atoms with Crippen LogP contribution in [-0.2, 0) is 9.53 Å². The molecule has 0 aliphatic carbocycles. The maximum atomic E-state index is 10.5. The number of nitrogens with two attached hydrogens (primary N) is 1. The van der Waals surface area contributed by atoms with Crippen molar-refractivity contribution in [1.29, 1.82) is 0 Å². The summed E-state index contributed by atoms with van der Waals surface area (Å²) in [5, 5.41) is 0. The molecule has 0 saturated carbocycles. The van der Waals surface area contributed by atoms with Gasteiger partial charge in [-0.3, -0.25) is 4.79 Å². The van der Waals surface area contributed by atoms with Crippen LogP contribution in [0.15, 0.2) is 12.7 Å². The summed E-state index contributed by atoms with van der Waals surface area (Å²) in [7, 11) is 1.41. The van der Waals surface area contributed by atoms with Gasteiger partial charge in [0.2, 0.25) is 0 Å². The third kappa shape index (κ3) is 18.3. The number of allylic oxidation sites excluding steroid dienone is 1. The Kier molecular flexibility index (Phi) is 15.5. The van der Waals surface area contributed by atoms with Gasteiger partial charge in [0, 0.05) is 6.42 Å². The highest BCUT2D eigenvalue weighted by Gasteiger charge is 1.97. The SMILES string of the molecule is C=CC.COC(=O)CCCCCN. The molecular weight excluding hydrogens is 166 g/mol. The normalized spacial score (nSPS) is 8.23. The Bertz CT molecular complexity index is 124. The van der Waals surface area contributed by atoms with Crippen molar-refractivity contribution in [2.24, 2.45) is 5.73 Å². The standard InChI is InChI=1S/C7H15NO2.C3H6/c1-10-7(9)5-3-2-4-6-8;1-3-2/h2-6,8H2,1H3;3H,1H2,2H3. The molecule has 0 aromatic rings. The first-order valence-electron chi connectivity index (χ1n) is 4.56. The topological polar surface area (TPSA) is 52.3 Å². The van der Waals surface area contributed by atoms with Crippen LogP contribution in [0.25, 0.3) is 0 Å². The number of carbonyl (C=O) groups excluding carboxylic acids is 1. The molecule has 0 atom stereocenters. The van der Waals surface area contributed by atoms with Gasteiger partial charge in [0.05, 0.1) is 7.11 Å². The zero-order valence-corrected chi connectivity index (χ0v) is 8.71. The van der Waals surface area contributed by atoms with E-state index in [1.165, 1.54) is 7.11 Å². The largest absolute Gasteiger partial charge is 0.469 e. The molecule has 0 amide bonds. The fourth-order valence-electron chi connectivity index (χ4n) is 0.693. The number of hydrogen-bond donors (Lipinski definition) is 1. The molecule has 0 unspecified atom stereocenters. The number of unbranched alkanes of at least 4 members (excludes halogenated alkanes) is 2. The molecule has 0 radical (unpaired) electrons. The van der Waals surface area contributed by atoms with Crippen LogP contribution in [0.5, 0.6) is 0 Å². The number of methoxy groups -OCH3 is 1. The van der Waals surface area contributed by atoms with Gasteiger partial charge < -0.3 is 10.5 Å². The lowest BCUT2D eigenvalue weighted by Gasteiger charge is -1.97. The average Bonchev–Trinajstić information content (AvgIpc) is 2.13. The Labute approximate surface area is 81.0 Å². The zero-order chi connectivity index (χ0) is 10.5. The van der Waals surface area contributed by atoms with Gasteiger partial charge in [-0.25, -0.2) is 0 Å². The summed E-state index contributed by atoms with van der Waals surface area (Å²) < 4.78 is 4.46. The Hall–Kier alpha value is -0.830. The van der Waals surface area contributed by atoms with Crippen molar-refractivity contribution in [3.63, 3.8) is 0 Å². The van der Waals surface area contributed by atoms with Crippen LogP contribution >= 0.6 is 0 Å². The molecule has 0 aromatic carbocycles. The molecule has 78 valence electrons. The van der Waals surface area contributed by atoms with Crippen molar-refractivity contribution in [2.75, 3.05) is 13.7 Å². The Balaban J connectivity index is 0. The van der Waals surface area contributed by atoms with Crippen LogP contribution in [0, 0.1) is 0 Å². The zero-order valence-electron chi connectivity index (χ0n) is 8.71. The van der Waals surface area contributed by atoms with Crippen molar-refractivity contribution in [3.8, 4) is 0 Å². The summed E-state index contributed by atoms with van der Waals surface area (Å²) in [5.74, 6) is -0.128. The third-order valence-electron chi connectivity index (χ3n) is 1.31. The lowest BCUT2D eigenvalue weighted by Crippen LogP contribution is -2.01. The number of esters is 1. The molecule has 0 aliphatic rings. The fraction of sp³-hybridized carbons (Fsp3) is 0.700. The van der Waals surface area contributed by atoms with E-state index in [0.29, 0.717) is 13.0 Å². The summed E-state index contributed by atoms with van der Waals surface area (Å²) in [6.45, 7) is 5.96. The first-order valence-corrected chi connectivity index (χ1v) is 4.56. The van der Waals surface area contributed by atoms with Crippen LogP contribution < -0.4 is 5.73 Å². The monoisotopic (exact) mass is 187 g/mol. The van der Waals surface area contributed by atoms with Gasteiger partial charge in [-0.2, -0.15) is 0 Å². The van der Waals surface area contributed by atoms with E-state index in [4.69, 9.17) is 5.73 Å². The third-order valence-corrected chi connectivity index (χ3v) is 1.31. The van der Waals surface area contributed by atoms with Gasteiger partial charge in [-0.1, -0.05) is 12.5 Å². The van der Waals surface area contributed by atoms with Crippen LogP contribution in [-0.4, -0.2) is 19.6 Å². The molecule has 13 heavy (non-hydrogen) atoms. The summed E-state index contributed by atoms with van der Waals surface area (Å²) in [6.07, 6.45) is 5.18. The number of rotatable bonds is 5. The van der Waals surface area contributed by atoms with Gasteiger partial charge in [0.15, 0.2) is 0 Å². The molecular formula is C10H21NO2. The Morgan fingerprint density at radius 3 is 2.38 bits per heavy atom. The molecule has 2 N–H and O–H groups in total. The van der Waals surface area contributed by atoms with Crippen LogP contribution in [0.4, 0.5) is 0 Å². The van der Waals surface area contributed by atoms with Gasteiger partial charge in [0.1, 0.15) is 0 Å². The van der Waals surface area contributed by atoms with Gasteiger partial charge in [-0.15, -0.1) is 6.58 Å². The van der Waals surface area contributed by atoms with E-state index >= 15 is 0 Å². The minimum Gasteiger partial charge on any atom is -0.469 e. The predicted molar refractivity (Wildman–Crippen MR) is 55.4 cm³/mol.